The number of guanidine groups is 1. The van der Waals surface area contributed by atoms with E-state index in [1.54, 1.807) is 10.8 Å². The van der Waals surface area contributed by atoms with Gasteiger partial charge in [0, 0.05) is 17.4 Å². The average molecular weight is 196 g/mol. The van der Waals surface area contributed by atoms with Gasteiger partial charge in [-0.15, -0.1) is 4.91 Å². The van der Waals surface area contributed by atoms with Gasteiger partial charge in [0.15, 0.2) is 5.96 Å². The third kappa shape index (κ3) is 2.28. The average Bonchev–Trinajstić information content (AvgIpc) is 2.47. The van der Waals surface area contributed by atoms with Crippen LogP contribution in [0, 0.1) is 11.8 Å². The first-order valence-corrected chi connectivity index (χ1v) is 4.06. The minimum Gasteiger partial charge on any atom is -0.370 e. The van der Waals surface area contributed by atoms with Crippen molar-refractivity contribution in [3.05, 3.63) is 16.8 Å². The molecule has 1 aromatic rings. The topological polar surface area (TPSA) is 112 Å². The van der Waals surface area contributed by atoms with E-state index < -0.39 is 0 Å². The molecule has 0 atom stereocenters. The predicted molar refractivity (Wildman–Crippen MR) is 53.1 cm³/mol. The molecule has 0 aliphatic heterocycles. The number of imidazole rings is 1. The molecule has 0 aliphatic rings. The van der Waals surface area contributed by atoms with Gasteiger partial charge < -0.3 is 16.0 Å². The molecule has 0 bridgehead atoms. The molecule has 0 unspecified atom stereocenters. The molecule has 0 aromatic carbocycles. The largest absolute Gasteiger partial charge is 0.370 e. The molecule has 0 amide bonds. The van der Waals surface area contributed by atoms with Crippen LogP contribution in [0.1, 0.15) is 5.69 Å². The second kappa shape index (κ2) is 4.35. The van der Waals surface area contributed by atoms with Crippen molar-refractivity contribution in [2.75, 3.05) is 6.54 Å². The highest BCUT2D eigenvalue weighted by atomic mass is 16.3. The summed E-state index contributed by atoms with van der Waals surface area (Å²) in [5.41, 5.74) is 11.2. The van der Waals surface area contributed by atoms with Crippen LogP contribution in [0.2, 0.25) is 0 Å². The molecular formula is C7H12N6O. The van der Waals surface area contributed by atoms with Crippen molar-refractivity contribution < 1.29 is 0 Å². The molecule has 7 heteroatoms. The van der Waals surface area contributed by atoms with Gasteiger partial charge in [0.05, 0.1) is 12.7 Å². The smallest absolute Gasteiger partial charge is 0.271 e. The number of nitrogens with zero attached hydrogens (tertiary/aromatic N) is 4. The molecule has 4 N–H and O–H groups in total. The SMILES string of the molecule is Cc1cnc(N=O)n1CCN=C(N)N. The van der Waals surface area contributed by atoms with Crippen LogP contribution in [0.15, 0.2) is 16.4 Å². The Kier molecular flexibility index (Phi) is 3.16. The molecule has 1 rings (SSSR count). The zero-order valence-corrected chi connectivity index (χ0v) is 7.84. The van der Waals surface area contributed by atoms with Gasteiger partial charge in [-0.2, -0.15) is 0 Å². The van der Waals surface area contributed by atoms with Crippen molar-refractivity contribution in [1.29, 1.82) is 0 Å². The van der Waals surface area contributed by atoms with E-state index in [0.29, 0.717) is 13.1 Å². The Morgan fingerprint density at radius 1 is 1.64 bits per heavy atom. The van der Waals surface area contributed by atoms with Gasteiger partial charge in [-0.25, -0.2) is 4.98 Å². The Labute approximate surface area is 80.8 Å². The van der Waals surface area contributed by atoms with E-state index in [2.05, 4.69) is 15.2 Å². The van der Waals surface area contributed by atoms with Crippen LogP contribution in [0.25, 0.3) is 0 Å². The third-order valence-electron chi connectivity index (χ3n) is 1.73. The number of aliphatic imine (C=N–C) groups is 1. The lowest BCUT2D eigenvalue weighted by molar-refractivity contribution is 0.692. The molecule has 1 aromatic heterocycles. The first kappa shape index (κ1) is 10.2. The van der Waals surface area contributed by atoms with Crippen LogP contribution >= 0.6 is 0 Å². The van der Waals surface area contributed by atoms with Crippen molar-refractivity contribution in [2.24, 2.45) is 21.6 Å². The quantitative estimate of drug-likeness (QED) is 0.396. The lowest BCUT2D eigenvalue weighted by Crippen LogP contribution is -2.23. The molecular weight excluding hydrogens is 184 g/mol. The summed E-state index contributed by atoms with van der Waals surface area (Å²) in [5.74, 6) is 0.177. The monoisotopic (exact) mass is 196 g/mol. The van der Waals surface area contributed by atoms with Crippen LogP contribution < -0.4 is 11.5 Å². The summed E-state index contributed by atoms with van der Waals surface area (Å²) in [4.78, 5) is 17.9. The van der Waals surface area contributed by atoms with Gasteiger partial charge in [-0.05, 0) is 6.92 Å². The fraction of sp³-hybridized carbons (Fsp3) is 0.429. The van der Waals surface area contributed by atoms with E-state index in [4.69, 9.17) is 11.5 Å². The van der Waals surface area contributed by atoms with Crippen LogP contribution in [0.4, 0.5) is 5.95 Å². The summed E-state index contributed by atoms with van der Waals surface area (Å²) in [5, 5.41) is 2.78. The van der Waals surface area contributed by atoms with Gasteiger partial charge in [0.1, 0.15) is 0 Å². The number of rotatable bonds is 4. The zero-order chi connectivity index (χ0) is 10.6. The molecule has 0 aliphatic carbocycles. The van der Waals surface area contributed by atoms with Gasteiger partial charge >= 0.3 is 0 Å². The summed E-state index contributed by atoms with van der Waals surface area (Å²) in [6, 6.07) is 0. The van der Waals surface area contributed by atoms with Crippen molar-refractivity contribution in [3.63, 3.8) is 0 Å². The third-order valence-corrected chi connectivity index (χ3v) is 1.73. The van der Waals surface area contributed by atoms with E-state index >= 15 is 0 Å². The summed E-state index contributed by atoms with van der Waals surface area (Å²) in [6.45, 7) is 2.73. The molecule has 7 nitrogen and oxygen atoms in total. The van der Waals surface area contributed by atoms with Crippen LogP contribution in [-0.4, -0.2) is 22.1 Å². The molecule has 0 spiro atoms. The Morgan fingerprint density at radius 3 is 2.93 bits per heavy atom. The van der Waals surface area contributed by atoms with E-state index in [-0.39, 0.29) is 11.9 Å². The maximum Gasteiger partial charge on any atom is 0.271 e. The Morgan fingerprint density at radius 2 is 2.36 bits per heavy atom. The number of nitroso groups, excluding NO2 is 1. The first-order valence-electron chi connectivity index (χ1n) is 4.06. The van der Waals surface area contributed by atoms with E-state index in [1.807, 2.05) is 6.92 Å². The summed E-state index contributed by atoms with van der Waals surface area (Å²) < 4.78 is 1.65. The van der Waals surface area contributed by atoms with Crippen molar-refractivity contribution in [1.82, 2.24) is 9.55 Å². The number of aromatic nitrogens is 2. The summed E-state index contributed by atoms with van der Waals surface area (Å²) >= 11 is 0. The lowest BCUT2D eigenvalue weighted by atomic mass is 10.5. The highest BCUT2D eigenvalue weighted by molar-refractivity contribution is 5.75. The number of nitrogens with two attached hydrogens (primary N) is 2. The number of hydrogen-bond donors (Lipinski definition) is 2. The van der Waals surface area contributed by atoms with Crippen molar-refractivity contribution in [3.8, 4) is 0 Å². The van der Waals surface area contributed by atoms with E-state index in [1.165, 1.54) is 0 Å². The predicted octanol–water partition coefficient (Wildman–Crippen LogP) is -0.137. The lowest BCUT2D eigenvalue weighted by Gasteiger charge is -2.02. The maximum absolute atomic E-state index is 10.3. The Bertz CT molecular complexity index is 351. The van der Waals surface area contributed by atoms with E-state index in [9.17, 15) is 4.91 Å². The Hall–Kier alpha value is -1.92. The molecule has 76 valence electrons. The fourth-order valence-electron chi connectivity index (χ4n) is 1.08. The van der Waals surface area contributed by atoms with E-state index in [0.717, 1.165) is 5.69 Å². The van der Waals surface area contributed by atoms with Gasteiger partial charge in [0.25, 0.3) is 5.95 Å². The second-order valence-corrected chi connectivity index (χ2v) is 2.75. The number of hydrogen-bond acceptors (Lipinski definition) is 4. The second-order valence-electron chi connectivity index (χ2n) is 2.75. The van der Waals surface area contributed by atoms with Crippen LogP contribution in [-0.2, 0) is 6.54 Å². The fourth-order valence-corrected chi connectivity index (χ4v) is 1.08. The van der Waals surface area contributed by atoms with Crippen molar-refractivity contribution >= 4 is 11.9 Å². The van der Waals surface area contributed by atoms with Crippen molar-refractivity contribution in [2.45, 2.75) is 13.5 Å². The number of aryl methyl sites for hydroxylation is 1. The molecule has 0 radical (unpaired) electrons. The molecule has 0 fully saturated rings. The van der Waals surface area contributed by atoms with Gasteiger partial charge in [-0.1, -0.05) is 0 Å². The molecule has 1 heterocycles. The van der Waals surface area contributed by atoms with Crippen LogP contribution in [0.3, 0.4) is 0 Å². The molecule has 0 saturated heterocycles. The maximum atomic E-state index is 10.3. The zero-order valence-electron chi connectivity index (χ0n) is 7.84. The highest BCUT2D eigenvalue weighted by Crippen LogP contribution is 2.11. The van der Waals surface area contributed by atoms with Crippen LogP contribution in [0.5, 0.6) is 0 Å². The Balaban J connectivity index is 2.70. The minimum absolute atomic E-state index is 0.0309. The minimum atomic E-state index is 0.0309. The molecule has 0 saturated carbocycles. The highest BCUT2D eigenvalue weighted by Gasteiger charge is 2.05. The standard InChI is InChI=1S/C7H12N6O/c1-5-4-11-7(12-14)13(5)3-2-10-6(8)9/h4H,2-3H2,1H3,(H4,8,9,10). The van der Waals surface area contributed by atoms with Gasteiger partial charge in [0.2, 0.25) is 0 Å². The van der Waals surface area contributed by atoms with Gasteiger partial charge in [-0.3, -0.25) is 4.99 Å². The first-order chi connectivity index (χ1) is 6.65. The molecule has 14 heavy (non-hydrogen) atoms. The normalized spacial score (nSPS) is 9.79. The summed E-state index contributed by atoms with van der Waals surface area (Å²) in [7, 11) is 0. The summed E-state index contributed by atoms with van der Waals surface area (Å²) in [6.07, 6.45) is 1.58.